The first-order chi connectivity index (χ1) is 12.5. The van der Waals surface area contributed by atoms with E-state index in [1.807, 2.05) is 11.6 Å². The van der Waals surface area contributed by atoms with Crippen molar-refractivity contribution in [2.45, 2.75) is 33.2 Å². The largest absolute Gasteiger partial charge is 0.378 e. The number of ether oxygens (including phenoxy) is 1. The lowest BCUT2D eigenvalue weighted by atomic mass is 10.1. The van der Waals surface area contributed by atoms with Crippen LogP contribution in [-0.4, -0.2) is 53.7 Å². The molecule has 8 heteroatoms. The van der Waals surface area contributed by atoms with Crippen molar-refractivity contribution in [1.29, 1.82) is 0 Å². The predicted octanol–water partition coefficient (Wildman–Crippen LogP) is 1.53. The van der Waals surface area contributed by atoms with Gasteiger partial charge in [-0.1, -0.05) is 5.16 Å². The standard InChI is InChI=1S/C18H25N5O3/c1-13-9-14(2)23(20-13)12-18(3-4-18)11-19-17(24)15-10-16(21-26-15)22-5-7-25-8-6-22/h9-10H,3-8,11-12H2,1-2H3,(H,19,24). The average Bonchev–Trinajstić information content (AvgIpc) is 3.08. The number of anilines is 1. The minimum absolute atomic E-state index is 0.103. The van der Waals surface area contributed by atoms with E-state index in [9.17, 15) is 4.79 Å². The lowest BCUT2D eigenvalue weighted by Gasteiger charge is -2.25. The normalized spacial score (nSPS) is 18.8. The van der Waals surface area contributed by atoms with Gasteiger partial charge in [-0.25, -0.2) is 0 Å². The van der Waals surface area contributed by atoms with Crippen molar-refractivity contribution in [3.63, 3.8) is 0 Å². The fraction of sp³-hybridized carbons (Fsp3) is 0.611. The Bertz CT molecular complexity index is 787. The van der Waals surface area contributed by atoms with Gasteiger partial charge in [0.2, 0.25) is 5.76 Å². The van der Waals surface area contributed by atoms with Crippen LogP contribution in [0.5, 0.6) is 0 Å². The maximum Gasteiger partial charge on any atom is 0.289 e. The molecule has 8 nitrogen and oxygen atoms in total. The first-order valence-electron chi connectivity index (χ1n) is 9.13. The second kappa shape index (κ2) is 6.75. The minimum Gasteiger partial charge on any atom is -0.378 e. The van der Waals surface area contributed by atoms with Crippen LogP contribution in [0.1, 0.15) is 34.8 Å². The Hall–Kier alpha value is -2.35. The summed E-state index contributed by atoms with van der Waals surface area (Å²) >= 11 is 0. The van der Waals surface area contributed by atoms with Gasteiger partial charge in [-0.3, -0.25) is 9.48 Å². The molecular weight excluding hydrogens is 334 g/mol. The highest BCUT2D eigenvalue weighted by molar-refractivity contribution is 5.92. The van der Waals surface area contributed by atoms with Gasteiger partial charge in [0.1, 0.15) is 0 Å². The summed E-state index contributed by atoms with van der Waals surface area (Å²) in [7, 11) is 0. The van der Waals surface area contributed by atoms with Gasteiger partial charge in [0.25, 0.3) is 5.91 Å². The van der Waals surface area contributed by atoms with Crippen LogP contribution >= 0.6 is 0 Å². The summed E-state index contributed by atoms with van der Waals surface area (Å²) in [6.07, 6.45) is 2.20. The van der Waals surface area contributed by atoms with Crippen molar-refractivity contribution in [3.05, 3.63) is 29.3 Å². The van der Waals surface area contributed by atoms with Crippen LogP contribution in [0.4, 0.5) is 5.82 Å². The number of carbonyl (C=O) groups excluding carboxylic acids is 1. The van der Waals surface area contributed by atoms with Gasteiger partial charge in [-0.2, -0.15) is 5.10 Å². The van der Waals surface area contributed by atoms with Crippen LogP contribution in [0, 0.1) is 19.3 Å². The van der Waals surface area contributed by atoms with Gasteiger partial charge in [0.05, 0.1) is 18.9 Å². The van der Waals surface area contributed by atoms with Crippen LogP contribution in [0.15, 0.2) is 16.7 Å². The number of morpholine rings is 1. The van der Waals surface area contributed by atoms with Crippen molar-refractivity contribution in [2.75, 3.05) is 37.7 Å². The topological polar surface area (TPSA) is 85.4 Å². The Morgan fingerprint density at radius 1 is 1.27 bits per heavy atom. The van der Waals surface area contributed by atoms with E-state index in [2.05, 4.69) is 33.5 Å². The number of hydrogen-bond donors (Lipinski definition) is 1. The second-order valence-electron chi connectivity index (χ2n) is 7.42. The van der Waals surface area contributed by atoms with E-state index in [1.165, 1.54) is 0 Å². The number of carbonyl (C=O) groups is 1. The molecule has 1 amide bonds. The van der Waals surface area contributed by atoms with Crippen molar-refractivity contribution in [3.8, 4) is 0 Å². The lowest BCUT2D eigenvalue weighted by molar-refractivity contribution is 0.0905. The number of aryl methyl sites for hydroxylation is 2. The molecule has 2 fully saturated rings. The number of amides is 1. The molecule has 0 atom stereocenters. The highest BCUT2D eigenvalue weighted by Gasteiger charge is 2.43. The Morgan fingerprint density at radius 2 is 2.04 bits per heavy atom. The maximum absolute atomic E-state index is 12.4. The smallest absolute Gasteiger partial charge is 0.289 e. The molecule has 0 unspecified atom stereocenters. The van der Waals surface area contributed by atoms with Gasteiger partial charge < -0.3 is 19.5 Å². The third-order valence-electron chi connectivity index (χ3n) is 5.23. The third-order valence-corrected chi connectivity index (χ3v) is 5.23. The van der Waals surface area contributed by atoms with Gasteiger partial charge in [-0.15, -0.1) is 0 Å². The molecule has 1 aliphatic carbocycles. The Balaban J connectivity index is 1.33. The minimum atomic E-state index is -0.211. The molecule has 2 aliphatic rings. The number of hydrogen-bond acceptors (Lipinski definition) is 6. The SMILES string of the molecule is Cc1cc(C)n(CC2(CNC(=O)c3cc(N4CCOCC4)no3)CC2)n1. The summed E-state index contributed by atoms with van der Waals surface area (Å²) < 4.78 is 12.6. The summed E-state index contributed by atoms with van der Waals surface area (Å²) in [5.41, 5.74) is 2.29. The average molecular weight is 359 g/mol. The van der Waals surface area contributed by atoms with Crippen molar-refractivity contribution in [2.24, 2.45) is 5.41 Å². The van der Waals surface area contributed by atoms with Gasteiger partial charge in [0, 0.05) is 43.4 Å². The van der Waals surface area contributed by atoms with E-state index in [0.29, 0.717) is 25.6 Å². The summed E-state index contributed by atoms with van der Waals surface area (Å²) in [6.45, 7) is 8.39. The Labute approximate surface area is 152 Å². The summed E-state index contributed by atoms with van der Waals surface area (Å²) in [4.78, 5) is 14.5. The number of aromatic nitrogens is 3. The maximum atomic E-state index is 12.4. The molecule has 1 saturated heterocycles. The Kier molecular flexibility index (Phi) is 4.44. The fourth-order valence-corrected chi connectivity index (χ4v) is 3.39. The zero-order valence-corrected chi connectivity index (χ0v) is 15.3. The van der Waals surface area contributed by atoms with Crippen LogP contribution < -0.4 is 10.2 Å². The molecule has 2 aromatic heterocycles. The van der Waals surface area contributed by atoms with Crippen molar-refractivity contribution < 1.29 is 14.1 Å². The molecule has 2 aromatic rings. The van der Waals surface area contributed by atoms with E-state index in [0.717, 1.165) is 43.9 Å². The van der Waals surface area contributed by atoms with E-state index >= 15 is 0 Å². The molecule has 26 heavy (non-hydrogen) atoms. The van der Waals surface area contributed by atoms with E-state index < -0.39 is 0 Å². The molecule has 3 heterocycles. The summed E-state index contributed by atoms with van der Waals surface area (Å²) in [5, 5.41) is 11.6. The Morgan fingerprint density at radius 3 is 2.69 bits per heavy atom. The van der Waals surface area contributed by atoms with E-state index in [-0.39, 0.29) is 17.1 Å². The predicted molar refractivity (Wildman–Crippen MR) is 95.2 cm³/mol. The molecule has 140 valence electrons. The van der Waals surface area contributed by atoms with E-state index in [4.69, 9.17) is 9.26 Å². The van der Waals surface area contributed by atoms with Crippen LogP contribution in [-0.2, 0) is 11.3 Å². The van der Waals surface area contributed by atoms with Gasteiger partial charge in [0.15, 0.2) is 5.82 Å². The molecular formula is C18H25N5O3. The highest BCUT2D eigenvalue weighted by Crippen LogP contribution is 2.46. The van der Waals surface area contributed by atoms with Crippen LogP contribution in [0.25, 0.3) is 0 Å². The van der Waals surface area contributed by atoms with Gasteiger partial charge in [-0.05, 0) is 32.8 Å². The molecule has 0 spiro atoms. The van der Waals surface area contributed by atoms with Crippen LogP contribution in [0.2, 0.25) is 0 Å². The van der Waals surface area contributed by atoms with Crippen molar-refractivity contribution >= 4 is 11.7 Å². The molecule has 0 bridgehead atoms. The zero-order chi connectivity index (χ0) is 18.1. The van der Waals surface area contributed by atoms with Gasteiger partial charge >= 0.3 is 0 Å². The molecule has 0 aromatic carbocycles. The molecule has 4 rings (SSSR count). The number of nitrogens with one attached hydrogen (secondary N) is 1. The molecule has 1 aliphatic heterocycles. The monoisotopic (exact) mass is 359 g/mol. The molecule has 1 N–H and O–H groups in total. The first kappa shape index (κ1) is 17.1. The van der Waals surface area contributed by atoms with Crippen LogP contribution in [0.3, 0.4) is 0 Å². The number of nitrogens with zero attached hydrogens (tertiary/aromatic N) is 4. The summed E-state index contributed by atoms with van der Waals surface area (Å²) in [5.74, 6) is 0.743. The number of rotatable bonds is 6. The lowest BCUT2D eigenvalue weighted by Crippen LogP contribution is -2.36. The quantitative estimate of drug-likeness (QED) is 0.842. The van der Waals surface area contributed by atoms with Crippen molar-refractivity contribution in [1.82, 2.24) is 20.3 Å². The fourth-order valence-electron chi connectivity index (χ4n) is 3.39. The third kappa shape index (κ3) is 3.60. The first-order valence-corrected chi connectivity index (χ1v) is 9.13. The zero-order valence-electron chi connectivity index (χ0n) is 15.3. The van der Waals surface area contributed by atoms with E-state index in [1.54, 1.807) is 6.07 Å². The second-order valence-corrected chi connectivity index (χ2v) is 7.42. The molecule has 0 radical (unpaired) electrons. The highest BCUT2D eigenvalue weighted by atomic mass is 16.5. The summed E-state index contributed by atoms with van der Waals surface area (Å²) in [6, 6.07) is 3.79. The molecule has 1 saturated carbocycles.